The predicted molar refractivity (Wildman–Crippen MR) is 116 cm³/mol. The summed E-state index contributed by atoms with van der Waals surface area (Å²) in [7, 11) is -2.20. The van der Waals surface area contributed by atoms with E-state index in [4.69, 9.17) is 4.74 Å². The molecule has 176 valence electrons. The van der Waals surface area contributed by atoms with E-state index in [1.54, 1.807) is 6.07 Å². The summed E-state index contributed by atoms with van der Waals surface area (Å²) in [6.07, 6.45) is -1.25. The van der Waals surface area contributed by atoms with E-state index in [2.05, 4.69) is 35.3 Å². The first-order valence-corrected chi connectivity index (χ1v) is 11.2. The van der Waals surface area contributed by atoms with Crippen LogP contribution in [0.2, 0.25) is 0 Å². The van der Waals surface area contributed by atoms with Crippen LogP contribution in [0.4, 0.5) is 36.4 Å². The Kier molecular flexibility index (Phi) is 7.16. The van der Waals surface area contributed by atoms with Crippen LogP contribution in [0.15, 0.2) is 42.9 Å². The van der Waals surface area contributed by atoms with Crippen molar-refractivity contribution < 1.29 is 26.3 Å². The van der Waals surface area contributed by atoms with Crippen molar-refractivity contribution in [3.63, 3.8) is 0 Å². The van der Waals surface area contributed by atoms with Gasteiger partial charge >= 0.3 is 6.18 Å². The zero-order chi connectivity index (χ0) is 24.1. The van der Waals surface area contributed by atoms with Crippen LogP contribution in [-0.2, 0) is 22.7 Å². The minimum atomic E-state index is -4.72. The Morgan fingerprint density at radius 2 is 1.88 bits per heavy atom. The van der Waals surface area contributed by atoms with Gasteiger partial charge in [-0.1, -0.05) is 6.07 Å². The molecule has 0 aliphatic carbocycles. The molecule has 0 aromatic carbocycles. The molecular formula is C19H20F3N7O3S. The Labute approximate surface area is 187 Å². The zero-order valence-corrected chi connectivity index (χ0v) is 18.3. The molecule has 3 heterocycles. The number of sulfonamides is 1. The molecule has 0 fully saturated rings. The lowest BCUT2D eigenvalue weighted by Gasteiger charge is -2.16. The summed E-state index contributed by atoms with van der Waals surface area (Å²) in [5.41, 5.74) is -0.300. The molecule has 0 unspecified atom stereocenters. The molecule has 14 heteroatoms. The molecule has 33 heavy (non-hydrogen) atoms. The number of ether oxygens (including phenoxy) is 1. The molecule has 3 rings (SSSR count). The van der Waals surface area contributed by atoms with E-state index >= 15 is 0 Å². The van der Waals surface area contributed by atoms with Crippen molar-refractivity contribution in [2.75, 3.05) is 28.2 Å². The second-order valence-corrected chi connectivity index (χ2v) is 8.55. The van der Waals surface area contributed by atoms with Gasteiger partial charge in [-0.05, 0) is 19.1 Å². The number of methoxy groups -OCH3 is 1. The van der Waals surface area contributed by atoms with Crippen molar-refractivity contribution in [2.45, 2.75) is 19.6 Å². The zero-order valence-electron chi connectivity index (χ0n) is 17.5. The van der Waals surface area contributed by atoms with Crippen molar-refractivity contribution >= 4 is 33.3 Å². The van der Waals surface area contributed by atoms with Crippen LogP contribution in [0.1, 0.15) is 18.1 Å². The van der Waals surface area contributed by atoms with Crippen molar-refractivity contribution in [3.05, 3.63) is 54.0 Å². The summed E-state index contributed by atoms with van der Waals surface area (Å²) in [4.78, 5) is 15.6. The molecule has 3 aromatic rings. The van der Waals surface area contributed by atoms with Gasteiger partial charge in [-0.3, -0.25) is 4.72 Å². The van der Waals surface area contributed by atoms with Crippen LogP contribution in [0.3, 0.4) is 0 Å². The average molecular weight is 483 g/mol. The summed E-state index contributed by atoms with van der Waals surface area (Å²) in [5, 5.41) is 5.40. The Morgan fingerprint density at radius 3 is 2.58 bits per heavy atom. The first-order valence-electron chi connectivity index (χ1n) is 9.51. The number of aromatic nitrogens is 4. The highest BCUT2D eigenvalue weighted by atomic mass is 32.2. The lowest BCUT2D eigenvalue weighted by molar-refractivity contribution is -0.137. The summed E-state index contributed by atoms with van der Waals surface area (Å²) in [6, 6.07) is 6.16. The largest absolute Gasteiger partial charge is 0.481 e. The van der Waals surface area contributed by atoms with Gasteiger partial charge in [-0.15, -0.1) is 0 Å². The van der Waals surface area contributed by atoms with Gasteiger partial charge in [0.15, 0.2) is 0 Å². The van der Waals surface area contributed by atoms with E-state index in [9.17, 15) is 21.6 Å². The first-order chi connectivity index (χ1) is 15.6. The number of pyridine rings is 2. The number of alkyl halides is 3. The first kappa shape index (κ1) is 24.0. The number of hydrogen-bond acceptors (Lipinski definition) is 9. The number of halogens is 3. The van der Waals surface area contributed by atoms with Crippen LogP contribution in [0.5, 0.6) is 5.88 Å². The molecule has 0 spiro atoms. The van der Waals surface area contributed by atoms with Crippen molar-refractivity contribution in [1.82, 2.24) is 19.9 Å². The van der Waals surface area contributed by atoms with Crippen LogP contribution in [0.25, 0.3) is 0 Å². The maximum atomic E-state index is 13.5. The highest BCUT2D eigenvalue weighted by Gasteiger charge is 2.35. The van der Waals surface area contributed by atoms with E-state index < -0.39 is 27.6 Å². The predicted octanol–water partition coefficient (Wildman–Crippen LogP) is 3.41. The van der Waals surface area contributed by atoms with Gasteiger partial charge in [-0.25, -0.2) is 23.4 Å². The quantitative estimate of drug-likeness (QED) is 0.419. The number of hydrogen-bond donors (Lipinski definition) is 3. The smallest absolute Gasteiger partial charge is 0.421 e. The van der Waals surface area contributed by atoms with Crippen LogP contribution < -0.4 is 20.1 Å². The second kappa shape index (κ2) is 9.85. The minimum absolute atomic E-state index is 0.0108. The highest BCUT2D eigenvalue weighted by molar-refractivity contribution is 7.92. The summed E-state index contributed by atoms with van der Waals surface area (Å²) in [5.74, 6) is -0.471. The fourth-order valence-electron chi connectivity index (χ4n) is 2.58. The number of anilines is 4. The lowest BCUT2D eigenvalue weighted by atomic mass is 10.2. The minimum Gasteiger partial charge on any atom is -0.481 e. The molecule has 3 aromatic heterocycles. The van der Waals surface area contributed by atoms with Gasteiger partial charge in [-0.2, -0.15) is 18.2 Å². The molecule has 0 aliphatic heterocycles. The van der Waals surface area contributed by atoms with E-state index in [-0.39, 0.29) is 24.1 Å². The Bertz CT molecular complexity index is 1220. The van der Waals surface area contributed by atoms with Crippen LogP contribution >= 0.6 is 0 Å². The van der Waals surface area contributed by atoms with Crippen LogP contribution in [0, 0.1) is 0 Å². The normalized spacial score (nSPS) is 11.7. The van der Waals surface area contributed by atoms with Crippen LogP contribution in [-0.4, -0.2) is 41.2 Å². The fourth-order valence-corrected chi connectivity index (χ4v) is 3.21. The second-order valence-electron chi connectivity index (χ2n) is 6.54. The van der Waals surface area contributed by atoms with E-state index in [0.29, 0.717) is 23.3 Å². The third kappa shape index (κ3) is 6.41. The summed E-state index contributed by atoms with van der Waals surface area (Å²) < 4.78 is 71.6. The number of nitrogens with one attached hydrogen (secondary N) is 3. The molecule has 0 saturated heterocycles. The summed E-state index contributed by atoms with van der Waals surface area (Å²) in [6.45, 7) is 1.27. The van der Waals surface area contributed by atoms with Gasteiger partial charge in [0.2, 0.25) is 21.9 Å². The maximum Gasteiger partial charge on any atom is 0.421 e. The molecule has 0 saturated carbocycles. The maximum absolute atomic E-state index is 13.5. The van der Waals surface area contributed by atoms with E-state index in [1.165, 1.54) is 44.6 Å². The molecule has 0 bridgehead atoms. The third-order valence-electron chi connectivity index (χ3n) is 4.26. The topological polar surface area (TPSA) is 131 Å². The molecule has 0 amide bonds. The Hall–Kier alpha value is -3.68. The fraction of sp³-hybridized carbons (Fsp3) is 0.263. The lowest BCUT2D eigenvalue weighted by Crippen LogP contribution is -2.18. The Morgan fingerprint density at radius 1 is 1.09 bits per heavy atom. The molecular weight excluding hydrogens is 463 g/mol. The summed E-state index contributed by atoms with van der Waals surface area (Å²) >= 11 is 0. The monoisotopic (exact) mass is 483 g/mol. The van der Waals surface area contributed by atoms with E-state index in [0.717, 1.165) is 0 Å². The highest BCUT2D eigenvalue weighted by Crippen LogP contribution is 2.34. The van der Waals surface area contributed by atoms with Crippen molar-refractivity contribution in [3.8, 4) is 5.88 Å². The molecule has 0 radical (unpaired) electrons. The van der Waals surface area contributed by atoms with Gasteiger partial charge < -0.3 is 15.4 Å². The number of rotatable bonds is 9. The van der Waals surface area contributed by atoms with Crippen molar-refractivity contribution in [1.29, 1.82) is 0 Å². The standard InChI is InChI=1S/C19H20F3N7O3S/c1-3-33(30,31)29-16-12(5-4-7-24-16)10-25-17-14(19(20,21)22)11-26-18(28-17)27-13-6-8-23-15(9-13)32-2/h4-9,11H,3,10H2,1-2H3,(H,24,29)(H2,23,25,26,27,28). The Balaban J connectivity index is 1.88. The molecule has 0 atom stereocenters. The molecule has 10 nitrogen and oxygen atoms in total. The average Bonchev–Trinajstić information content (AvgIpc) is 2.78. The van der Waals surface area contributed by atoms with Crippen molar-refractivity contribution in [2.24, 2.45) is 0 Å². The van der Waals surface area contributed by atoms with Gasteiger partial charge in [0, 0.05) is 42.5 Å². The van der Waals surface area contributed by atoms with Gasteiger partial charge in [0.05, 0.1) is 12.9 Å². The van der Waals surface area contributed by atoms with Gasteiger partial charge in [0.25, 0.3) is 0 Å². The molecule has 0 aliphatic rings. The van der Waals surface area contributed by atoms with E-state index in [1.807, 2.05) is 0 Å². The SMILES string of the molecule is CCS(=O)(=O)Nc1ncccc1CNc1nc(Nc2ccnc(OC)c2)ncc1C(F)(F)F. The third-order valence-corrected chi connectivity index (χ3v) is 5.53. The molecule has 3 N–H and O–H groups in total. The van der Waals surface area contributed by atoms with Gasteiger partial charge in [0.1, 0.15) is 17.2 Å². The number of nitrogens with zero attached hydrogens (tertiary/aromatic N) is 4.